The fraction of sp³-hybridized carbons (Fsp3) is 0.238. The van der Waals surface area contributed by atoms with Gasteiger partial charge in [0.2, 0.25) is 16.0 Å². The molecule has 0 saturated carbocycles. The van der Waals surface area contributed by atoms with Crippen molar-refractivity contribution in [2.24, 2.45) is 0 Å². The Balaban J connectivity index is 1.38. The molecular weight excluding hydrogens is 442 g/mol. The minimum Gasteiger partial charge on any atom is -0.368 e. The summed E-state index contributed by atoms with van der Waals surface area (Å²) in [6, 6.07) is 11.0. The molecule has 0 unspecified atom stereocenters. The molecule has 0 amide bonds. The highest BCUT2D eigenvalue weighted by atomic mass is 32.2. The number of imidazole rings is 1. The highest BCUT2D eigenvalue weighted by Gasteiger charge is 2.22. The minimum atomic E-state index is -3.37. The van der Waals surface area contributed by atoms with E-state index in [0.717, 1.165) is 43.9 Å². The first-order chi connectivity index (χ1) is 15.9. The predicted molar refractivity (Wildman–Crippen MR) is 129 cm³/mol. The second-order valence-electron chi connectivity index (χ2n) is 7.73. The van der Waals surface area contributed by atoms with Crippen LogP contribution in [0.3, 0.4) is 0 Å². The van der Waals surface area contributed by atoms with Gasteiger partial charge in [-0.05, 0) is 30.3 Å². The van der Waals surface area contributed by atoms with Gasteiger partial charge >= 0.3 is 0 Å². The van der Waals surface area contributed by atoms with E-state index in [9.17, 15) is 8.42 Å². The molecule has 5 rings (SSSR count). The lowest BCUT2D eigenvalue weighted by atomic mass is 10.2. The number of hydrogen-bond donors (Lipinski definition) is 3. The van der Waals surface area contributed by atoms with Crippen molar-refractivity contribution in [3.05, 3.63) is 55.1 Å². The lowest BCUT2D eigenvalue weighted by Crippen LogP contribution is -2.47. The van der Waals surface area contributed by atoms with Crippen LogP contribution in [0.2, 0.25) is 0 Å². The molecule has 0 aliphatic carbocycles. The standard InChI is InChI=1S/C21H23N9O2S/c1-33(31,32)28-16-4-2-3-15(13-16)25-21-26-19-18(23-14-24-19)20(27-21)30-11-9-29(10-12-30)17-5-7-22-8-6-17/h2-8,13-14,28H,9-12H2,1H3,(H2,23,24,25,26,27). The Morgan fingerprint density at radius 3 is 2.45 bits per heavy atom. The Morgan fingerprint density at radius 1 is 0.970 bits per heavy atom. The number of benzene rings is 1. The van der Waals surface area contributed by atoms with Crippen molar-refractivity contribution in [1.29, 1.82) is 0 Å². The molecule has 33 heavy (non-hydrogen) atoms. The normalized spacial score (nSPS) is 14.5. The number of aromatic nitrogens is 5. The summed E-state index contributed by atoms with van der Waals surface area (Å²) in [5, 5.41) is 3.18. The molecule has 1 aliphatic rings. The van der Waals surface area contributed by atoms with Crippen molar-refractivity contribution >= 4 is 50.0 Å². The molecule has 1 aromatic carbocycles. The maximum atomic E-state index is 11.5. The van der Waals surface area contributed by atoms with Crippen molar-refractivity contribution in [3.8, 4) is 0 Å². The van der Waals surface area contributed by atoms with E-state index in [1.54, 1.807) is 36.9 Å². The number of pyridine rings is 1. The highest BCUT2D eigenvalue weighted by molar-refractivity contribution is 7.92. The predicted octanol–water partition coefficient (Wildman–Crippen LogP) is 2.19. The maximum Gasteiger partial charge on any atom is 0.231 e. The van der Waals surface area contributed by atoms with Crippen LogP contribution >= 0.6 is 0 Å². The van der Waals surface area contributed by atoms with E-state index in [4.69, 9.17) is 4.98 Å². The number of piperazine rings is 1. The Kier molecular flexibility index (Phi) is 5.42. The minimum absolute atomic E-state index is 0.398. The molecule has 0 radical (unpaired) electrons. The number of nitrogens with one attached hydrogen (secondary N) is 3. The quantitative estimate of drug-likeness (QED) is 0.392. The van der Waals surface area contributed by atoms with Gasteiger partial charge < -0.3 is 20.1 Å². The van der Waals surface area contributed by atoms with E-state index in [1.807, 2.05) is 18.2 Å². The molecule has 4 aromatic rings. The highest BCUT2D eigenvalue weighted by Crippen LogP contribution is 2.27. The number of anilines is 5. The summed E-state index contributed by atoms with van der Waals surface area (Å²) < 4.78 is 25.6. The number of hydrogen-bond acceptors (Lipinski definition) is 9. The molecule has 170 valence electrons. The third kappa shape index (κ3) is 4.80. The first-order valence-electron chi connectivity index (χ1n) is 10.4. The number of fused-ring (bicyclic) bond motifs is 1. The molecule has 0 bridgehead atoms. The van der Waals surface area contributed by atoms with Crippen LogP contribution in [0, 0.1) is 0 Å². The monoisotopic (exact) mass is 465 g/mol. The molecule has 1 saturated heterocycles. The van der Waals surface area contributed by atoms with Crippen LogP contribution in [0.25, 0.3) is 11.2 Å². The molecule has 1 fully saturated rings. The zero-order valence-corrected chi connectivity index (χ0v) is 18.7. The molecule has 11 nitrogen and oxygen atoms in total. The number of nitrogens with zero attached hydrogens (tertiary/aromatic N) is 6. The molecule has 3 N–H and O–H groups in total. The number of rotatable bonds is 6. The third-order valence-electron chi connectivity index (χ3n) is 5.29. The van der Waals surface area contributed by atoms with Gasteiger partial charge in [0.05, 0.1) is 18.3 Å². The number of sulfonamides is 1. The van der Waals surface area contributed by atoms with Gasteiger partial charge in [-0.15, -0.1) is 0 Å². The summed E-state index contributed by atoms with van der Waals surface area (Å²) >= 11 is 0. The number of H-pyrrole nitrogens is 1. The molecular formula is C21H23N9O2S. The van der Waals surface area contributed by atoms with E-state index < -0.39 is 10.0 Å². The summed E-state index contributed by atoms with van der Waals surface area (Å²) in [6.45, 7) is 3.27. The summed E-state index contributed by atoms with van der Waals surface area (Å²) in [7, 11) is -3.37. The summed E-state index contributed by atoms with van der Waals surface area (Å²) in [4.78, 5) is 25.4. The van der Waals surface area contributed by atoms with Crippen molar-refractivity contribution in [2.75, 3.05) is 52.3 Å². The lowest BCUT2D eigenvalue weighted by Gasteiger charge is -2.36. The second-order valence-corrected chi connectivity index (χ2v) is 9.48. The Hall–Kier alpha value is -3.93. The van der Waals surface area contributed by atoms with E-state index in [0.29, 0.717) is 28.5 Å². The summed E-state index contributed by atoms with van der Waals surface area (Å²) in [5.74, 6) is 1.15. The Labute approximate surface area is 191 Å². The van der Waals surface area contributed by atoms with Crippen LogP contribution in [-0.4, -0.2) is 65.8 Å². The SMILES string of the molecule is CS(=O)(=O)Nc1cccc(Nc2nc(N3CCN(c4ccncc4)CC3)c3nc[nH]c3n2)c1. The largest absolute Gasteiger partial charge is 0.368 e. The van der Waals surface area contributed by atoms with Crippen molar-refractivity contribution < 1.29 is 8.42 Å². The molecule has 0 spiro atoms. The van der Waals surface area contributed by atoms with Gasteiger partial charge in [-0.25, -0.2) is 13.4 Å². The van der Waals surface area contributed by atoms with Crippen molar-refractivity contribution in [1.82, 2.24) is 24.9 Å². The van der Waals surface area contributed by atoms with Gasteiger partial charge in [0.25, 0.3) is 0 Å². The molecule has 0 atom stereocenters. The zero-order chi connectivity index (χ0) is 22.8. The topological polar surface area (TPSA) is 132 Å². The van der Waals surface area contributed by atoms with Gasteiger partial charge in [0.1, 0.15) is 0 Å². The zero-order valence-electron chi connectivity index (χ0n) is 17.9. The van der Waals surface area contributed by atoms with E-state index in [-0.39, 0.29) is 0 Å². The van der Waals surface area contributed by atoms with E-state index >= 15 is 0 Å². The third-order valence-corrected chi connectivity index (χ3v) is 5.90. The molecule has 12 heteroatoms. The van der Waals surface area contributed by atoms with E-state index in [1.165, 1.54) is 0 Å². The first kappa shape index (κ1) is 20.9. The average Bonchev–Trinajstić information content (AvgIpc) is 3.27. The van der Waals surface area contributed by atoms with Crippen molar-refractivity contribution in [3.63, 3.8) is 0 Å². The van der Waals surface area contributed by atoms with Crippen LogP contribution in [-0.2, 0) is 10.0 Å². The second kappa shape index (κ2) is 8.54. The van der Waals surface area contributed by atoms with Gasteiger partial charge in [-0.1, -0.05) is 6.07 Å². The van der Waals surface area contributed by atoms with Gasteiger partial charge in [-0.3, -0.25) is 9.71 Å². The van der Waals surface area contributed by atoms with Crippen molar-refractivity contribution in [2.45, 2.75) is 0 Å². The fourth-order valence-electron chi connectivity index (χ4n) is 3.83. The van der Waals surface area contributed by atoms with Gasteiger partial charge in [0.15, 0.2) is 17.0 Å². The Morgan fingerprint density at radius 2 is 1.70 bits per heavy atom. The van der Waals surface area contributed by atoms with E-state index in [2.05, 4.69) is 39.8 Å². The van der Waals surface area contributed by atoms with Gasteiger partial charge in [0, 0.05) is 49.9 Å². The Bertz CT molecular complexity index is 1370. The summed E-state index contributed by atoms with van der Waals surface area (Å²) in [5.41, 5.74) is 3.62. The first-order valence-corrected chi connectivity index (χ1v) is 12.3. The molecule has 4 heterocycles. The smallest absolute Gasteiger partial charge is 0.231 e. The van der Waals surface area contributed by atoms with Crippen LogP contribution in [0.4, 0.5) is 28.8 Å². The van der Waals surface area contributed by atoms with Gasteiger partial charge in [-0.2, -0.15) is 9.97 Å². The molecule has 1 aliphatic heterocycles. The lowest BCUT2D eigenvalue weighted by molar-refractivity contribution is 0.607. The summed E-state index contributed by atoms with van der Waals surface area (Å²) in [6.07, 6.45) is 6.33. The molecule has 3 aromatic heterocycles. The number of aromatic amines is 1. The van der Waals surface area contributed by atoms with Crippen LogP contribution in [0.15, 0.2) is 55.1 Å². The average molecular weight is 466 g/mol. The van der Waals surface area contributed by atoms with Crippen LogP contribution in [0.1, 0.15) is 0 Å². The maximum absolute atomic E-state index is 11.5. The fourth-order valence-corrected chi connectivity index (χ4v) is 4.39. The van der Waals surface area contributed by atoms with Crippen LogP contribution < -0.4 is 19.8 Å². The van der Waals surface area contributed by atoms with Crippen LogP contribution in [0.5, 0.6) is 0 Å².